The smallest absolute Gasteiger partial charge is 0.156 e. The van der Waals surface area contributed by atoms with Crippen LogP contribution in [0.2, 0.25) is 0 Å². The first kappa shape index (κ1) is 17.0. The molecule has 0 aromatic heterocycles. The van der Waals surface area contributed by atoms with Crippen molar-refractivity contribution in [1.82, 2.24) is 9.80 Å². The van der Waals surface area contributed by atoms with Crippen molar-refractivity contribution >= 4 is 0 Å². The van der Waals surface area contributed by atoms with E-state index >= 15 is 0 Å². The highest BCUT2D eigenvalue weighted by Crippen LogP contribution is 1.85. The highest BCUT2D eigenvalue weighted by atomic mass is 79.9. The van der Waals surface area contributed by atoms with Gasteiger partial charge in [-0.1, -0.05) is 0 Å². The third kappa shape index (κ3) is 5.42. The van der Waals surface area contributed by atoms with Crippen LogP contribution >= 0.6 is 0 Å². The molecule has 0 aliphatic carbocycles. The van der Waals surface area contributed by atoms with Gasteiger partial charge in [0.05, 0.1) is 25.5 Å². The molecule has 2 rings (SSSR count). The van der Waals surface area contributed by atoms with Crippen LogP contribution in [0.4, 0.5) is 0 Å². The lowest BCUT2D eigenvalue weighted by Crippen LogP contribution is -3.10. The minimum Gasteiger partial charge on any atom is -1.00 e. The Labute approximate surface area is 125 Å². The third-order valence-electron chi connectivity index (χ3n) is 3.03. The van der Waals surface area contributed by atoms with E-state index in [0.717, 1.165) is 13.3 Å². The zero-order chi connectivity index (χ0) is 10.7. The summed E-state index contributed by atoms with van der Waals surface area (Å²) in [4.78, 5) is 7.64. The zero-order valence-corrected chi connectivity index (χ0v) is 13.7. The predicted molar refractivity (Wildman–Crippen MR) is 59.8 cm³/mol. The van der Waals surface area contributed by atoms with Crippen LogP contribution in [0.3, 0.4) is 0 Å². The number of quaternary nitrogens is 2. The lowest BCUT2D eigenvalue weighted by Gasteiger charge is -2.15. The van der Waals surface area contributed by atoms with Crippen LogP contribution < -0.4 is 43.8 Å². The average Bonchev–Trinajstić information content (AvgIpc) is 2.76. The number of nitrogens with one attached hydrogen (secondary N) is 2. The van der Waals surface area contributed by atoms with Gasteiger partial charge in [0.2, 0.25) is 0 Å². The van der Waals surface area contributed by atoms with Gasteiger partial charge in [0.15, 0.2) is 13.3 Å². The summed E-state index contributed by atoms with van der Waals surface area (Å²) < 4.78 is 0. The molecule has 2 N–H and O–H groups in total. The van der Waals surface area contributed by atoms with Gasteiger partial charge >= 0.3 is 0 Å². The molecule has 2 unspecified atom stereocenters. The molecule has 4 nitrogen and oxygen atoms in total. The van der Waals surface area contributed by atoms with Crippen molar-refractivity contribution in [3.63, 3.8) is 0 Å². The molecule has 0 spiro atoms. The van der Waals surface area contributed by atoms with Crippen LogP contribution in [0.15, 0.2) is 24.8 Å². The Balaban J connectivity index is 0.00000128. The molecule has 2 heterocycles. The van der Waals surface area contributed by atoms with E-state index in [1.165, 1.54) is 19.5 Å². The maximum atomic E-state index is 2.27. The molecule has 2 aliphatic heterocycles. The Bertz CT molecular complexity index is 244. The van der Waals surface area contributed by atoms with Crippen molar-refractivity contribution in [1.29, 1.82) is 0 Å². The monoisotopic (exact) mass is 368 g/mol. The predicted octanol–water partition coefficient (Wildman–Crippen LogP) is -8.10. The molecular formula is C11H22Br2N4. The largest absolute Gasteiger partial charge is 1.00 e. The zero-order valence-electron chi connectivity index (χ0n) is 10.5. The summed E-state index contributed by atoms with van der Waals surface area (Å²) in [5, 5.41) is 0. The quantitative estimate of drug-likeness (QED) is 0.512. The van der Waals surface area contributed by atoms with E-state index in [1.807, 2.05) is 0 Å². The lowest BCUT2D eigenvalue weighted by molar-refractivity contribution is -0.869. The molecule has 100 valence electrons. The van der Waals surface area contributed by atoms with E-state index in [2.05, 4.69) is 48.7 Å². The van der Waals surface area contributed by atoms with Gasteiger partial charge in [0.1, 0.15) is 12.4 Å². The van der Waals surface area contributed by atoms with Gasteiger partial charge in [0, 0.05) is 20.5 Å². The second-order valence-electron chi connectivity index (χ2n) is 4.63. The second kappa shape index (κ2) is 8.13. The topological polar surface area (TPSA) is 15.4 Å². The molecule has 17 heavy (non-hydrogen) atoms. The Morgan fingerprint density at radius 2 is 1.29 bits per heavy atom. The third-order valence-corrected chi connectivity index (χ3v) is 3.03. The van der Waals surface area contributed by atoms with Crippen LogP contribution in [0.5, 0.6) is 0 Å². The highest BCUT2D eigenvalue weighted by Gasteiger charge is 2.16. The number of hydrogen-bond acceptors (Lipinski definition) is 2. The minimum absolute atomic E-state index is 0. The highest BCUT2D eigenvalue weighted by molar-refractivity contribution is 4.75. The number of rotatable bonds is 4. The fraction of sp³-hybridized carbons (Fsp3) is 0.636. The first-order valence-corrected chi connectivity index (χ1v) is 5.70. The maximum Gasteiger partial charge on any atom is 0.156 e. The van der Waals surface area contributed by atoms with E-state index in [4.69, 9.17) is 0 Å². The average molecular weight is 370 g/mol. The van der Waals surface area contributed by atoms with E-state index in [0.29, 0.717) is 0 Å². The minimum atomic E-state index is 0. The molecule has 0 radical (unpaired) electrons. The van der Waals surface area contributed by atoms with Gasteiger partial charge in [-0.2, -0.15) is 0 Å². The van der Waals surface area contributed by atoms with Crippen molar-refractivity contribution in [2.75, 3.05) is 40.5 Å². The molecule has 0 amide bonds. The number of hydrogen-bond donors (Lipinski definition) is 2. The molecule has 0 saturated carbocycles. The summed E-state index contributed by atoms with van der Waals surface area (Å²) in [7, 11) is 4.26. The number of halogens is 2. The normalized spacial score (nSPS) is 26.0. The standard InChI is InChI=1S/C11H20N4.2BrH/c1-12-6-8-14(10-12)4-3-5-15-9-7-13(2)11-15;;/h6-9H,3-5,10-11H2,1-2H3;2*1H. The van der Waals surface area contributed by atoms with Crippen molar-refractivity contribution < 1.29 is 43.8 Å². The second-order valence-corrected chi connectivity index (χ2v) is 4.63. The fourth-order valence-corrected chi connectivity index (χ4v) is 2.18. The SMILES string of the molecule is CN1C=C[NH+](CCC[NH+]2C=CN(C)C2)C1.[Br-].[Br-]. The van der Waals surface area contributed by atoms with Crippen LogP contribution in [-0.4, -0.2) is 50.3 Å². The summed E-state index contributed by atoms with van der Waals surface area (Å²) in [6.07, 6.45) is 10.2. The van der Waals surface area contributed by atoms with Crippen LogP contribution in [0.1, 0.15) is 6.42 Å². The molecule has 0 aromatic rings. The lowest BCUT2D eigenvalue weighted by atomic mass is 10.4. The van der Waals surface area contributed by atoms with Crippen molar-refractivity contribution in [3.05, 3.63) is 24.8 Å². The summed E-state index contributed by atoms with van der Waals surface area (Å²) in [6.45, 7) is 4.76. The number of nitrogens with zero attached hydrogens (tertiary/aromatic N) is 2. The van der Waals surface area contributed by atoms with E-state index < -0.39 is 0 Å². The summed E-state index contributed by atoms with van der Waals surface area (Å²) >= 11 is 0. The molecular weight excluding hydrogens is 348 g/mol. The fourth-order valence-electron chi connectivity index (χ4n) is 2.18. The van der Waals surface area contributed by atoms with Crippen molar-refractivity contribution in [3.8, 4) is 0 Å². The molecule has 0 bridgehead atoms. The maximum absolute atomic E-state index is 2.27. The molecule has 2 aliphatic rings. The Morgan fingerprint density at radius 3 is 1.59 bits per heavy atom. The van der Waals surface area contributed by atoms with Crippen molar-refractivity contribution in [2.24, 2.45) is 0 Å². The van der Waals surface area contributed by atoms with Gasteiger partial charge in [-0.25, -0.2) is 0 Å². The first-order valence-electron chi connectivity index (χ1n) is 5.70. The molecule has 0 fully saturated rings. The van der Waals surface area contributed by atoms with Gasteiger partial charge in [-0.05, 0) is 0 Å². The van der Waals surface area contributed by atoms with Crippen LogP contribution in [0, 0.1) is 0 Å². The van der Waals surface area contributed by atoms with Gasteiger partial charge in [-0.3, -0.25) is 9.80 Å². The molecule has 2 atom stereocenters. The summed E-state index contributed by atoms with van der Waals surface area (Å²) in [5.74, 6) is 0. The Morgan fingerprint density at radius 1 is 0.882 bits per heavy atom. The molecule has 0 aromatic carbocycles. The van der Waals surface area contributed by atoms with Crippen LogP contribution in [0.25, 0.3) is 0 Å². The van der Waals surface area contributed by atoms with Crippen molar-refractivity contribution in [2.45, 2.75) is 6.42 Å². The van der Waals surface area contributed by atoms with Gasteiger partial charge in [-0.15, -0.1) is 0 Å². The van der Waals surface area contributed by atoms with E-state index in [-0.39, 0.29) is 34.0 Å². The van der Waals surface area contributed by atoms with E-state index in [1.54, 1.807) is 9.80 Å². The van der Waals surface area contributed by atoms with Crippen LogP contribution in [-0.2, 0) is 0 Å². The van der Waals surface area contributed by atoms with E-state index in [9.17, 15) is 0 Å². The summed E-state index contributed by atoms with van der Waals surface area (Å²) in [6, 6.07) is 0. The first-order chi connectivity index (χ1) is 7.24. The Kier molecular flexibility index (Phi) is 8.11. The van der Waals surface area contributed by atoms with Gasteiger partial charge < -0.3 is 43.8 Å². The van der Waals surface area contributed by atoms with Gasteiger partial charge in [0.25, 0.3) is 0 Å². The Hall–Kier alpha value is -0.0400. The molecule has 6 heteroatoms. The molecule has 0 saturated heterocycles. The summed E-state index contributed by atoms with van der Waals surface area (Å²) in [5.41, 5.74) is 0.